The monoisotopic (exact) mass is 296 g/mol. The number of pyridine rings is 1. The van der Waals surface area contributed by atoms with Crippen LogP contribution in [0, 0.1) is 11.7 Å². The molecular formula is C15H18ClFN2O. The number of halogens is 2. The van der Waals surface area contributed by atoms with Gasteiger partial charge in [-0.25, -0.2) is 9.37 Å². The van der Waals surface area contributed by atoms with E-state index >= 15 is 0 Å². The number of hydrogen-bond donors (Lipinski definition) is 1. The van der Waals surface area contributed by atoms with Crippen molar-refractivity contribution in [1.29, 1.82) is 0 Å². The topological polar surface area (TPSA) is 37.5 Å². The SMILES string of the molecule is OC(CC1CCCCC1)c1c(Cl)c(F)cc2cncn12. The Morgan fingerprint density at radius 1 is 1.40 bits per heavy atom. The first-order valence-electron chi connectivity index (χ1n) is 7.15. The van der Waals surface area contributed by atoms with Gasteiger partial charge in [0.1, 0.15) is 5.82 Å². The van der Waals surface area contributed by atoms with Crippen molar-refractivity contribution in [3.63, 3.8) is 0 Å². The Morgan fingerprint density at radius 2 is 2.15 bits per heavy atom. The van der Waals surface area contributed by atoms with Crippen molar-refractivity contribution in [3.05, 3.63) is 35.1 Å². The van der Waals surface area contributed by atoms with E-state index in [1.807, 2.05) is 0 Å². The standard InChI is InChI=1S/C15H18ClFN2O/c16-14-12(17)7-11-8-18-9-19(11)15(14)13(20)6-10-4-2-1-3-5-10/h7-10,13,20H,1-6H2. The molecule has 0 saturated heterocycles. The molecule has 1 unspecified atom stereocenters. The van der Waals surface area contributed by atoms with Crippen molar-refractivity contribution >= 4 is 17.1 Å². The number of imidazole rings is 1. The van der Waals surface area contributed by atoms with Crippen molar-refractivity contribution in [1.82, 2.24) is 9.38 Å². The van der Waals surface area contributed by atoms with Gasteiger partial charge in [-0.05, 0) is 12.3 Å². The Kier molecular flexibility index (Phi) is 3.94. The van der Waals surface area contributed by atoms with Crippen LogP contribution < -0.4 is 0 Å². The molecule has 0 radical (unpaired) electrons. The van der Waals surface area contributed by atoms with Crippen LogP contribution >= 0.6 is 11.6 Å². The minimum Gasteiger partial charge on any atom is -0.387 e. The lowest BCUT2D eigenvalue weighted by Gasteiger charge is -2.25. The van der Waals surface area contributed by atoms with E-state index in [2.05, 4.69) is 4.98 Å². The zero-order valence-corrected chi connectivity index (χ0v) is 12.0. The highest BCUT2D eigenvalue weighted by Gasteiger charge is 2.23. The third kappa shape index (κ3) is 2.54. The molecule has 1 fully saturated rings. The summed E-state index contributed by atoms with van der Waals surface area (Å²) in [6.07, 6.45) is 9.00. The van der Waals surface area contributed by atoms with E-state index in [9.17, 15) is 9.50 Å². The Labute approximate surface area is 122 Å². The van der Waals surface area contributed by atoms with Crippen molar-refractivity contribution < 1.29 is 9.50 Å². The first-order valence-corrected chi connectivity index (χ1v) is 7.52. The summed E-state index contributed by atoms with van der Waals surface area (Å²) in [4.78, 5) is 4.00. The van der Waals surface area contributed by atoms with E-state index in [-0.39, 0.29) is 5.02 Å². The predicted octanol–water partition coefficient (Wildman–Crippen LogP) is 4.13. The molecule has 1 atom stereocenters. The molecule has 0 amide bonds. The lowest BCUT2D eigenvalue weighted by molar-refractivity contribution is 0.126. The maximum Gasteiger partial charge on any atom is 0.145 e. The molecule has 1 aliphatic carbocycles. The van der Waals surface area contributed by atoms with Crippen molar-refractivity contribution in [2.45, 2.75) is 44.6 Å². The Hall–Kier alpha value is -1.13. The van der Waals surface area contributed by atoms with Gasteiger partial charge in [-0.3, -0.25) is 4.40 Å². The molecule has 0 aromatic carbocycles. The Morgan fingerprint density at radius 3 is 2.90 bits per heavy atom. The number of hydrogen-bond acceptors (Lipinski definition) is 2. The Bertz CT molecular complexity index is 607. The van der Waals surface area contributed by atoms with Crippen LogP contribution in [0.15, 0.2) is 18.6 Å². The van der Waals surface area contributed by atoms with E-state index in [0.29, 0.717) is 23.5 Å². The van der Waals surface area contributed by atoms with Crippen molar-refractivity contribution in [2.24, 2.45) is 5.92 Å². The van der Waals surface area contributed by atoms with E-state index in [1.54, 1.807) is 16.9 Å². The molecule has 1 saturated carbocycles. The average molecular weight is 297 g/mol. The zero-order chi connectivity index (χ0) is 14.1. The third-order valence-electron chi connectivity index (χ3n) is 4.23. The molecule has 108 valence electrons. The quantitative estimate of drug-likeness (QED) is 0.924. The number of fused-ring (bicyclic) bond motifs is 1. The minimum absolute atomic E-state index is 0.00110. The maximum atomic E-state index is 13.8. The summed E-state index contributed by atoms with van der Waals surface area (Å²) in [7, 11) is 0. The van der Waals surface area contributed by atoms with Gasteiger partial charge < -0.3 is 5.11 Å². The van der Waals surface area contributed by atoms with E-state index in [1.165, 1.54) is 25.3 Å². The average Bonchev–Trinajstić information content (AvgIpc) is 2.88. The van der Waals surface area contributed by atoms with Gasteiger partial charge in [-0.1, -0.05) is 43.7 Å². The number of aliphatic hydroxyl groups is 1. The summed E-state index contributed by atoms with van der Waals surface area (Å²) >= 11 is 6.06. The molecule has 2 aromatic heterocycles. The zero-order valence-electron chi connectivity index (χ0n) is 11.2. The number of aromatic nitrogens is 2. The van der Waals surface area contributed by atoms with Gasteiger partial charge >= 0.3 is 0 Å². The highest BCUT2D eigenvalue weighted by Crippen LogP contribution is 2.35. The van der Waals surface area contributed by atoms with Crippen LogP contribution in [-0.2, 0) is 0 Å². The van der Waals surface area contributed by atoms with Gasteiger partial charge in [0.05, 0.1) is 34.9 Å². The fourth-order valence-corrected chi connectivity index (χ4v) is 3.46. The second-order valence-corrected chi connectivity index (χ2v) is 6.01. The first kappa shape index (κ1) is 13.8. The van der Waals surface area contributed by atoms with Gasteiger partial charge in [0.2, 0.25) is 0 Å². The lowest BCUT2D eigenvalue weighted by Crippen LogP contribution is -2.14. The van der Waals surface area contributed by atoms with Gasteiger partial charge in [-0.2, -0.15) is 0 Å². The normalized spacial score (nSPS) is 18.6. The molecule has 3 rings (SSSR count). The second-order valence-electron chi connectivity index (χ2n) is 5.64. The number of aliphatic hydroxyl groups excluding tert-OH is 1. The fourth-order valence-electron chi connectivity index (χ4n) is 3.19. The molecular weight excluding hydrogens is 279 g/mol. The molecule has 1 aliphatic rings. The molecule has 0 spiro atoms. The molecule has 2 heterocycles. The van der Waals surface area contributed by atoms with Gasteiger partial charge in [-0.15, -0.1) is 0 Å². The summed E-state index contributed by atoms with van der Waals surface area (Å²) in [5.74, 6) is -0.00554. The van der Waals surface area contributed by atoms with Crippen molar-refractivity contribution in [3.8, 4) is 0 Å². The summed E-state index contributed by atoms with van der Waals surface area (Å²) in [5, 5.41) is 10.5. The third-order valence-corrected chi connectivity index (χ3v) is 4.61. The van der Waals surface area contributed by atoms with Crippen LogP contribution in [0.3, 0.4) is 0 Å². The van der Waals surface area contributed by atoms with Gasteiger partial charge in [0.25, 0.3) is 0 Å². The predicted molar refractivity (Wildman–Crippen MR) is 76.3 cm³/mol. The number of nitrogens with zero attached hydrogens (tertiary/aromatic N) is 2. The van der Waals surface area contributed by atoms with Gasteiger partial charge in [0, 0.05) is 6.07 Å². The summed E-state index contributed by atoms with van der Waals surface area (Å²) < 4.78 is 15.5. The molecule has 1 N–H and O–H groups in total. The van der Waals surface area contributed by atoms with Crippen LogP contribution in [0.25, 0.3) is 5.52 Å². The highest BCUT2D eigenvalue weighted by molar-refractivity contribution is 6.31. The van der Waals surface area contributed by atoms with E-state index in [4.69, 9.17) is 11.6 Å². The van der Waals surface area contributed by atoms with Crippen LogP contribution in [0.4, 0.5) is 4.39 Å². The molecule has 20 heavy (non-hydrogen) atoms. The summed E-state index contributed by atoms with van der Waals surface area (Å²) in [6, 6.07) is 1.34. The molecule has 2 aromatic rings. The smallest absolute Gasteiger partial charge is 0.145 e. The molecule has 0 bridgehead atoms. The van der Waals surface area contributed by atoms with Crippen LogP contribution in [0.5, 0.6) is 0 Å². The molecule has 5 heteroatoms. The largest absolute Gasteiger partial charge is 0.387 e. The number of rotatable bonds is 3. The minimum atomic E-state index is -0.752. The fraction of sp³-hybridized carbons (Fsp3) is 0.533. The van der Waals surface area contributed by atoms with Crippen LogP contribution in [0.1, 0.15) is 50.3 Å². The first-order chi connectivity index (χ1) is 9.66. The van der Waals surface area contributed by atoms with E-state index < -0.39 is 11.9 Å². The Balaban J connectivity index is 1.91. The second kappa shape index (κ2) is 5.70. The summed E-state index contributed by atoms with van der Waals surface area (Å²) in [6.45, 7) is 0. The summed E-state index contributed by atoms with van der Waals surface area (Å²) in [5.41, 5.74) is 1.04. The lowest BCUT2D eigenvalue weighted by atomic mass is 9.85. The van der Waals surface area contributed by atoms with Gasteiger partial charge in [0.15, 0.2) is 0 Å². The maximum absolute atomic E-state index is 13.8. The highest BCUT2D eigenvalue weighted by atomic mass is 35.5. The van der Waals surface area contributed by atoms with Crippen LogP contribution in [0.2, 0.25) is 5.02 Å². The van der Waals surface area contributed by atoms with E-state index in [0.717, 1.165) is 12.8 Å². The van der Waals surface area contributed by atoms with Crippen LogP contribution in [-0.4, -0.2) is 14.5 Å². The van der Waals surface area contributed by atoms with Crippen molar-refractivity contribution in [2.75, 3.05) is 0 Å². The molecule has 0 aliphatic heterocycles. The molecule has 3 nitrogen and oxygen atoms in total.